The number of anilines is 1. The van der Waals surface area contributed by atoms with E-state index in [0.29, 0.717) is 16.9 Å². The predicted octanol–water partition coefficient (Wildman–Crippen LogP) is 4.55. The molecule has 0 aliphatic heterocycles. The van der Waals surface area contributed by atoms with Crippen LogP contribution >= 0.6 is 0 Å². The van der Waals surface area contributed by atoms with E-state index < -0.39 is 0 Å². The molecule has 0 unspecified atom stereocenters. The summed E-state index contributed by atoms with van der Waals surface area (Å²) in [4.78, 5) is 25.1. The monoisotopic (exact) mass is 359 g/mol. The molecular formula is C23H21NO3. The van der Waals surface area contributed by atoms with Gasteiger partial charge in [-0.15, -0.1) is 0 Å². The number of para-hydroxylation sites is 1. The molecule has 4 nitrogen and oxygen atoms in total. The van der Waals surface area contributed by atoms with Crippen LogP contribution in [0, 0.1) is 13.8 Å². The van der Waals surface area contributed by atoms with Crippen molar-refractivity contribution in [2.24, 2.45) is 0 Å². The zero-order valence-corrected chi connectivity index (χ0v) is 15.4. The summed E-state index contributed by atoms with van der Waals surface area (Å²) in [5.74, 6) is -0.00835. The summed E-state index contributed by atoms with van der Waals surface area (Å²) in [5, 5.41) is 2.82. The molecule has 3 aromatic carbocycles. The van der Waals surface area contributed by atoms with Gasteiger partial charge in [-0.3, -0.25) is 9.59 Å². The lowest BCUT2D eigenvalue weighted by Gasteiger charge is -2.13. The maximum absolute atomic E-state index is 12.8. The highest BCUT2D eigenvalue weighted by Crippen LogP contribution is 2.23. The molecule has 136 valence electrons. The van der Waals surface area contributed by atoms with Crippen LogP contribution in [0.3, 0.4) is 0 Å². The zero-order valence-electron chi connectivity index (χ0n) is 15.4. The van der Waals surface area contributed by atoms with Gasteiger partial charge in [0, 0.05) is 11.3 Å². The molecule has 27 heavy (non-hydrogen) atoms. The van der Waals surface area contributed by atoms with Crippen molar-refractivity contribution >= 4 is 17.4 Å². The van der Waals surface area contributed by atoms with Gasteiger partial charge in [-0.2, -0.15) is 0 Å². The SMILES string of the molecule is Cc1ccc(OCC(=O)Nc2ccccc2C)c(C(=O)c2ccccc2)c1. The molecule has 0 atom stereocenters. The Labute approximate surface area is 158 Å². The molecule has 3 rings (SSSR count). The van der Waals surface area contributed by atoms with Crippen molar-refractivity contribution in [1.29, 1.82) is 0 Å². The average Bonchev–Trinajstić information content (AvgIpc) is 2.69. The van der Waals surface area contributed by atoms with Gasteiger partial charge in [0.15, 0.2) is 12.4 Å². The lowest BCUT2D eigenvalue weighted by molar-refractivity contribution is -0.118. The number of carbonyl (C=O) groups is 2. The predicted molar refractivity (Wildman–Crippen MR) is 106 cm³/mol. The molecule has 0 fully saturated rings. The van der Waals surface area contributed by atoms with Crippen molar-refractivity contribution in [3.05, 3.63) is 95.1 Å². The van der Waals surface area contributed by atoms with Gasteiger partial charge < -0.3 is 10.1 Å². The van der Waals surface area contributed by atoms with Gasteiger partial charge in [-0.1, -0.05) is 60.2 Å². The summed E-state index contributed by atoms with van der Waals surface area (Å²) in [6.07, 6.45) is 0. The molecular weight excluding hydrogens is 338 g/mol. The van der Waals surface area contributed by atoms with Crippen molar-refractivity contribution in [3.8, 4) is 5.75 Å². The summed E-state index contributed by atoms with van der Waals surface area (Å²) in [5.41, 5.74) is 3.70. The number of ketones is 1. The Hall–Kier alpha value is -3.40. The second-order valence-electron chi connectivity index (χ2n) is 6.35. The quantitative estimate of drug-likeness (QED) is 0.657. The van der Waals surface area contributed by atoms with Crippen molar-refractivity contribution in [3.63, 3.8) is 0 Å². The Morgan fingerprint density at radius 2 is 1.59 bits per heavy atom. The minimum absolute atomic E-state index is 0.131. The van der Waals surface area contributed by atoms with Crippen molar-refractivity contribution < 1.29 is 14.3 Å². The molecule has 0 aliphatic rings. The van der Waals surface area contributed by atoms with Crippen LogP contribution in [0.1, 0.15) is 27.0 Å². The number of nitrogens with one attached hydrogen (secondary N) is 1. The minimum Gasteiger partial charge on any atom is -0.483 e. The fourth-order valence-electron chi connectivity index (χ4n) is 2.73. The first kappa shape index (κ1) is 18.4. The van der Waals surface area contributed by atoms with Gasteiger partial charge in [0.1, 0.15) is 5.75 Å². The standard InChI is InChI=1S/C23H21NO3/c1-16-12-13-21(19(14-16)23(26)18-9-4-3-5-10-18)27-15-22(25)24-20-11-7-6-8-17(20)2/h3-14H,15H2,1-2H3,(H,24,25). The smallest absolute Gasteiger partial charge is 0.262 e. The van der Waals surface area contributed by atoms with Crippen LogP contribution in [0.5, 0.6) is 5.75 Å². The highest BCUT2D eigenvalue weighted by molar-refractivity contribution is 6.10. The maximum Gasteiger partial charge on any atom is 0.262 e. The third-order valence-corrected chi connectivity index (χ3v) is 4.19. The minimum atomic E-state index is -0.275. The fraction of sp³-hybridized carbons (Fsp3) is 0.130. The van der Waals surface area contributed by atoms with Crippen molar-refractivity contribution in [2.45, 2.75) is 13.8 Å². The lowest BCUT2D eigenvalue weighted by atomic mass is 10.0. The van der Waals surface area contributed by atoms with E-state index in [9.17, 15) is 9.59 Å². The summed E-state index contributed by atoms with van der Waals surface area (Å²) < 4.78 is 5.68. The second-order valence-corrected chi connectivity index (χ2v) is 6.35. The van der Waals surface area contributed by atoms with Crippen LogP contribution in [0.4, 0.5) is 5.69 Å². The van der Waals surface area contributed by atoms with Crippen LogP contribution in [-0.4, -0.2) is 18.3 Å². The normalized spacial score (nSPS) is 10.3. The second kappa shape index (κ2) is 8.32. The molecule has 1 amide bonds. The largest absolute Gasteiger partial charge is 0.483 e. The van der Waals surface area contributed by atoms with E-state index in [1.165, 1.54) is 0 Å². The van der Waals surface area contributed by atoms with Crippen LogP contribution < -0.4 is 10.1 Å². The number of hydrogen-bond donors (Lipinski definition) is 1. The number of amides is 1. The molecule has 0 radical (unpaired) electrons. The summed E-state index contributed by atoms with van der Waals surface area (Å²) in [6, 6.07) is 21.9. The van der Waals surface area contributed by atoms with E-state index >= 15 is 0 Å². The molecule has 0 spiro atoms. The molecule has 4 heteroatoms. The lowest BCUT2D eigenvalue weighted by Crippen LogP contribution is -2.21. The fourth-order valence-corrected chi connectivity index (χ4v) is 2.73. The Morgan fingerprint density at radius 1 is 0.889 bits per heavy atom. The van der Waals surface area contributed by atoms with E-state index in [0.717, 1.165) is 16.8 Å². The first-order chi connectivity index (χ1) is 13.0. The zero-order chi connectivity index (χ0) is 19.2. The molecule has 0 saturated heterocycles. The number of carbonyl (C=O) groups excluding carboxylic acids is 2. The molecule has 0 bridgehead atoms. The van der Waals surface area contributed by atoms with Crippen LogP contribution in [0.25, 0.3) is 0 Å². The Balaban J connectivity index is 1.74. The van der Waals surface area contributed by atoms with E-state index in [1.807, 2.05) is 62.4 Å². The molecule has 0 aliphatic carbocycles. The third kappa shape index (κ3) is 4.61. The van der Waals surface area contributed by atoms with Crippen molar-refractivity contribution in [1.82, 2.24) is 0 Å². The molecule has 0 heterocycles. The number of rotatable bonds is 6. The van der Waals surface area contributed by atoms with E-state index in [4.69, 9.17) is 4.74 Å². The van der Waals surface area contributed by atoms with Gasteiger partial charge in [-0.25, -0.2) is 0 Å². The topological polar surface area (TPSA) is 55.4 Å². The number of hydrogen-bond acceptors (Lipinski definition) is 3. The molecule has 0 saturated carbocycles. The molecule has 3 aromatic rings. The Bertz CT molecular complexity index is 964. The molecule has 0 aromatic heterocycles. The van der Waals surface area contributed by atoms with Crippen LogP contribution in [0.15, 0.2) is 72.8 Å². The third-order valence-electron chi connectivity index (χ3n) is 4.19. The van der Waals surface area contributed by atoms with E-state index in [-0.39, 0.29) is 18.3 Å². The van der Waals surface area contributed by atoms with Crippen molar-refractivity contribution in [2.75, 3.05) is 11.9 Å². The van der Waals surface area contributed by atoms with E-state index in [2.05, 4.69) is 5.32 Å². The van der Waals surface area contributed by atoms with Gasteiger partial charge >= 0.3 is 0 Å². The van der Waals surface area contributed by atoms with Gasteiger partial charge in [0.2, 0.25) is 0 Å². The summed E-state index contributed by atoms with van der Waals surface area (Å²) in [7, 11) is 0. The average molecular weight is 359 g/mol. The van der Waals surface area contributed by atoms with Gasteiger partial charge in [0.25, 0.3) is 5.91 Å². The number of aryl methyl sites for hydroxylation is 2. The first-order valence-corrected chi connectivity index (χ1v) is 8.73. The first-order valence-electron chi connectivity index (χ1n) is 8.73. The molecule has 1 N–H and O–H groups in total. The highest BCUT2D eigenvalue weighted by Gasteiger charge is 2.16. The summed E-state index contributed by atoms with van der Waals surface area (Å²) in [6.45, 7) is 3.66. The van der Waals surface area contributed by atoms with E-state index in [1.54, 1.807) is 24.3 Å². The Morgan fingerprint density at radius 3 is 2.33 bits per heavy atom. The summed E-state index contributed by atoms with van der Waals surface area (Å²) >= 11 is 0. The number of ether oxygens (including phenoxy) is 1. The van der Waals surface area contributed by atoms with Crippen LogP contribution in [0.2, 0.25) is 0 Å². The highest BCUT2D eigenvalue weighted by atomic mass is 16.5. The van der Waals surface area contributed by atoms with Gasteiger partial charge in [-0.05, 0) is 37.6 Å². The maximum atomic E-state index is 12.8. The number of benzene rings is 3. The Kier molecular flexibility index (Phi) is 5.67. The van der Waals surface area contributed by atoms with Crippen LogP contribution in [-0.2, 0) is 4.79 Å². The van der Waals surface area contributed by atoms with Gasteiger partial charge in [0.05, 0.1) is 5.56 Å².